The van der Waals surface area contributed by atoms with E-state index in [0.29, 0.717) is 15.0 Å². The second-order valence-electron chi connectivity index (χ2n) is 6.60. The van der Waals surface area contributed by atoms with E-state index in [1.807, 2.05) is 48.5 Å². The lowest BCUT2D eigenvalue weighted by Gasteiger charge is -2.39. The van der Waals surface area contributed by atoms with Crippen molar-refractivity contribution in [3.63, 3.8) is 0 Å². The van der Waals surface area contributed by atoms with Crippen LogP contribution in [0.15, 0.2) is 48.5 Å². The molecule has 0 atom stereocenters. The number of fused-ring (bicyclic) bond motifs is 2. The Kier molecular flexibility index (Phi) is 4.22. The molecule has 4 rings (SSSR count). The summed E-state index contributed by atoms with van der Waals surface area (Å²) in [5.74, 6) is 0.819. The van der Waals surface area contributed by atoms with Crippen molar-refractivity contribution in [2.45, 2.75) is 19.4 Å². The molecule has 132 valence electrons. The van der Waals surface area contributed by atoms with Gasteiger partial charge in [-0.2, -0.15) is 0 Å². The highest BCUT2D eigenvalue weighted by molar-refractivity contribution is 7.79. The van der Waals surface area contributed by atoms with Crippen molar-refractivity contribution in [1.82, 2.24) is 0 Å². The maximum Gasteiger partial charge on any atom is 0.198 e. The lowest BCUT2D eigenvalue weighted by Crippen LogP contribution is -2.37. The molecule has 0 amide bonds. The maximum atomic E-state index is 13.3. The number of para-hydroxylation sites is 1. The summed E-state index contributed by atoms with van der Waals surface area (Å²) in [6, 6.07) is 15.7. The number of benzene rings is 2. The normalized spacial score (nSPS) is 15.2. The van der Waals surface area contributed by atoms with Crippen molar-refractivity contribution in [3.05, 3.63) is 68.4 Å². The smallest absolute Gasteiger partial charge is 0.198 e. The Morgan fingerprint density at radius 2 is 1.73 bits per heavy atom. The Hall–Kier alpha value is -2.02. The standard InChI is InChI=1S/C20H17NO2S3/c1-20(2)18-16(19(24)26-25-18)17(22)14-6-4-5-7-15(14)21(20)12-8-10-13(23-3)11-9-12/h4-11H,1-3H3. The van der Waals surface area contributed by atoms with Gasteiger partial charge in [0, 0.05) is 11.3 Å². The second-order valence-corrected chi connectivity index (χ2v) is 9.41. The van der Waals surface area contributed by atoms with Crippen LogP contribution in [0.2, 0.25) is 0 Å². The molecule has 0 saturated carbocycles. The van der Waals surface area contributed by atoms with Gasteiger partial charge in [-0.15, -0.1) is 0 Å². The Balaban J connectivity index is 2.04. The average molecular weight is 400 g/mol. The van der Waals surface area contributed by atoms with Crippen LogP contribution in [0.1, 0.15) is 34.6 Å². The summed E-state index contributed by atoms with van der Waals surface area (Å²) in [5.41, 5.74) is 2.86. The third kappa shape index (κ3) is 2.52. The van der Waals surface area contributed by atoms with Crippen molar-refractivity contribution in [2.24, 2.45) is 0 Å². The molecule has 6 heteroatoms. The first kappa shape index (κ1) is 17.4. The van der Waals surface area contributed by atoms with Crippen LogP contribution in [-0.2, 0) is 5.54 Å². The first-order valence-corrected chi connectivity index (χ1v) is 10.7. The molecule has 0 bridgehead atoms. The van der Waals surface area contributed by atoms with Gasteiger partial charge in [0.25, 0.3) is 0 Å². The molecule has 2 aromatic carbocycles. The average Bonchev–Trinajstić information content (AvgIpc) is 3.01. The van der Waals surface area contributed by atoms with Crippen LogP contribution in [0.25, 0.3) is 0 Å². The number of hydrogen-bond acceptors (Lipinski definition) is 6. The zero-order valence-corrected chi connectivity index (χ0v) is 17.1. The van der Waals surface area contributed by atoms with Gasteiger partial charge in [-0.3, -0.25) is 4.79 Å². The van der Waals surface area contributed by atoms with E-state index in [-0.39, 0.29) is 5.78 Å². The summed E-state index contributed by atoms with van der Waals surface area (Å²) in [5, 5.41) is 0. The van der Waals surface area contributed by atoms with Gasteiger partial charge in [-0.1, -0.05) is 45.0 Å². The van der Waals surface area contributed by atoms with E-state index in [1.54, 1.807) is 17.5 Å². The lowest BCUT2D eigenvalue weighted by atomic mass is 9.96. The van der Waals surface area contributed by atoms with Crippen LogP contribution in [-0.4, -0.2) is 12.9 Å². The van der Waals surface area contributed by atoms with Crippen LogP contribution >= 0.6 is 32.9 Å². The number of hydrogen-bond donors (Lipinski definition) is 0. The topological polar surface area (TPSA) is 29.5 Å². The molecule has 0 saturated heterocycles. The minimum absolute atomic E-state index is 0.0159. The minimum atomic E-state index is -0.412. The molecule has 0 spiro atoms. The number of rotatable bonds is 2. The molecular weight excluding hydrogens is 382 g/mol. The molecule has 1 aromatic heterocycles. The van der Waals surface area contributed by atoms with Gasteiger partial charge in [0.2, 0.25) is 0 Å². The fourth-order valence-corrected chi connectivity index (χ4v) is 6.68. The molecule has 2 heterocycles. The molecule has 0 N–H and O–H groups in total. The van der Waals surface area contributed by atoms with Crippen molar-refractivity contribution in [2.75, 3.05) is 12.0 Å². The van der Waals surface area contributed by atoms with E-state index in [0.717, 1.165) is 22.0 Å². The quantitative estimate of drug-likeness (QED) is 0.381. The predicted octanol–water partition coefficient (Wildman–Crippen LogP) is 6.17. The first-order valence-electron chi connectivity index (χ1n) is 8.17. The van der Waals surface area contributed by atoms with E-state index in [1.165, 1.54) is 10.3 Å². The monoisotopic (exact) mass is 399 g/mol. The summed E-state index contributed by atoms with van der Waals surface area (Å²) in [6.45, 7) is 4.28. The number of methoxy groups -OCH3 is 1. The van der Waals surface area contributed by atoms with E-state index in [9.17, 15) is 4.79 Å². The molecular formula is C20H17NO2S3. The van der Waals surface area contributed by atoms with Gasteiger partial charge in [-0.05, 0) is 50.2 Å². The van der Waals surface area contributed by atoms with Crippen molar-refractivity contribution in [3.8, 4) is 5.75 Å². The number of anilines is 2. The maximum absolute atomic E-state index is 13.3. The van der Waals surface area contributed by atoms with E-state index in [4.69, 9.17) is 17.0 Å². The lowest BCUT2D eigenvalue weighted by molar-refractivity contribution is 0.103. The zero-order chi connectivity index (χ0) is 18.5. The third-order valence-electron chi connectivity index (χ3n) is 4.69. The van der Waals surface area contributed by atoms with Gasteiger partial charge in [0.15, 0.2) is 5.78 Å². The Morgan fingerprint density at radius 3 is 2.42 bits per heavy atom. The number of nitrogens with zero attached hydrogens (tertiary/aromatic N) is 1. The fourth-order valence-electron chi connectivity index (χ4n) is 3.45. The Morgan fingerprint density at radius 1 is 1.04 bits per heavy atom. The van der Waals surface area contributed by atoms with Crippen LogP contribution < -0.4 is 9.64 Å². The summed E-state index contributed by atoms with van der Waals surface area (Å²) in [6.07, 6.45) is 0. The van der Waals surface area contributed by atoms with Gasteiger partial charge in [0.05, 0.1) is 28.8 Å². The third-order valence-corrected chi connectivity index (χ3v) is 8.02. The summed E-state index contributed by atoms with van der Waals surface area (Å²) >= 11 is 5.50. The molecule has 0 unspecified atom stereocenters. The number of ketones is 1. The Bertz CT molecular complexity index is 1050. The van der Waals surface area contributed by atoms with Crippen LogP contribution in [0.4, 0.5) is 11.4 Å². The molecule has 3 aromatic rings. The van der Waals surface area contributed by atoms with Crippen LogP contribution in [0, 0.1) is 3.82 Å². The second kappa shape index (κ2) is 6.30. The van der Waals surface area contributed by atoms with Crippen molar-refractivity contribution in [1.29, 1.82) is 0 Å². The fraction of sp³-hybridized carbons (Fsp3) is 0.200. The van der Waals surface area contributed by atoms with Gasteiger partial charge in [0.1, 0.15) is 9.57 Å². The predicted molar refractivity (Wildman–Crippen MR) is 111 cm³/mol. The highest BCUT2D eigenvalue weighted by Crippen LogP contribution is 2.48. The number of ether oxygens (including phenoxy) is 1. The zero-order valence-electron chi connectivity index (χ0n) is 14.6. The molecule has 3 nitrogen and oxygen atoms in total. The number of carbonyl (C=O) groups is 1. The van der Waals surface area contributed by atoms with Crippen LogP contribution in [0.5, 0.6) is 5.75 Å². The largest absolute Gasteiger partial charge is 0.497 e. The van der Waals surface area contributed by atoms with Gasteiger partial charge < -0.3 is 9.64 Å². The summed E-state index contributed by atoms with van der Waals surface area (Å²) in [7, 11) is 4.76. The molecule has 0 aliphatic carbocycles. The summed E-state index contributed by atoms with van der Waals surface area (Å²) in [4.78, 5) is 16.5. The molecule has 0 radical (unpaired) electrons. The summed E-state index contributed by atoms with van der Waals surface area (Å²) < 4.78 is 5.97. The molecule has 1 aliphatic rings. The molecule has 1 aliphatic heterocycles. The number of carbonyl (C=O) groups excluding carboxylic acids is 1. The van der Waals surface area contributed by atoms with E-state index in [2.05, 4.69) is 18.7 Å². The van der Waals surface area contributed by atoms with Gasteiger partial charge in [-0.25, -0.2) is 0 Å². The van der Waals surface area contributed by atoms with E-state index >= 15 is 0 Å². The van der Waals surface area contributed by atoms with Gasteiger partial charge >= 0.3 is 0 Å². The first-order chi connectivity index (χ1) is 12.4. The van der Waals surface area contributed by atoms with Crippen molar-refractivity contribution >= 4 is 50.1 Å². The molecule has 26 heavy (non-hydrogen) atoms. The molecule has 0 fully saturated rings. The SMILES string of the molecule is COc1ccc(N2c3ccccc3C(=O)c3c(ssc3=S)C2(C)C)cc1. The van der Waals surface area contributed by atoms with E-state index < -0.39 is 5.54 Å². The Labute approximate surface area is 164 Å². The highest BCUT2D eigenvalue weighted by Gasteiger charge is 2.41. The highest BCUT2D eigenvalue weighted by atomic mass is 32.9. The van der Waals surface area contributed by atoms with Crippen LogP contribution in [0.3, 0.4) is 0 Å². The minimum Gasteiger partial charge on any atom is -0.497 e. The van der Waals surface area contributed by atoms with Crippen molar-refractivity contribution < 1.29 is 9.53 Å².